The average molecular weight is 385 g/mol. The van der Waals surface area contributed by atoms with Gasteiger partial charge in [-0.1, -0.05) is 60.7 Å². The molecule has 0 radical (unpaired) electrons. The first-order chi connectivity index (χ1) is 12.7. The Kier molecular flexibility index (Phi) is 5.44. The zero-order valence-corrected chi connectivity index (χ0v) is 15.3. The van der Waals surface area contributed by atoms with Gasteiger partial charge in [-0.05, 0) is 39.4 Å². The minimum absolute atomic E-state index is 0.0715. The summed E-state index contributed by atoms with van der Waals surface area (Å²) in [7, 11) is -4.27. The summed E-state index contributed by atoms with van der Waals surface area (Å²) in [5.41, 5.74) is 8.40. The lowest BCUT2D eigenvalue weighted by Crippen LogP contribution is -2.32. The molecule has 0 saturated heterocycles. The Morgan fingerprint density at radius 2 is 1.67 bits per heavy atom. The zero-order chi connectivity index (χ0) is 19.6. The number of fused-ring (bicyclic) bond motifs is 1. The summed E-state index contributed by atoms with van der Waals surface area (Å²) in [6.07, 6.45) is -0.344. The number of carbonyl (C=O) groups is 1. The van der Waals surface area contributed by atoms with E-state index >= 15 is 0 Å². The van der Waals surface area contributed by atoms with Crippen LogP contribution < -0.4 is 5.73 Å². The summed E-state index contributed by atoms with van der Waals surface area (Å²) in [5.74, 6) is -1.12. The normalized spacial score (nSPS) is 12.9. The fraction of sp³-hybridized carbons (Fsp3) is 0.150. The molecule has 27 heavy (non-hydrogen) atoms. The SMILES string of the molecule is NC(Cc1cc(CP(=O)(O)O)cc(-c2cccc3ccccc23)c1)C(=O)O. The molecule has 7 heteroatoms. The van der Waals surface area contributed by atoms with Crippen molar-refractivity contribution in [2.45, 2.75) is 18.6 Å². The standard InChI is InChI=1S/C20H20NO5P/c21-19(20(22)23)11-13-8-14(12-27(24,25)26)10-16(9-13)18-7-3-5-15-4-1-2-6-17(15)18/h1-10,19H,11-12,21H2,(H,22,23)(H2,24,25,26). The molecule has 0 aromatic heterocycles. The van der Waals surface area contributed by atoms with Crippen LogP contribution >= 0.6 is 7.60 Å². The molecule has 0 aliphatic rings. The number of benzene rings is 3. The lowest BCUT2D eigenvalue weighted by Gasteiger charge is -2.14. The third kappa shape index (κ3) is 4.81. The second-order valence-corrected chi connectivity index (χ2v) is 8.18. The van der Waals surface area contributed by atoms with Gasteiger partial charge in [-0.3, -0.25) is 9.36 Å². The summed E-state index contributed by atoms with van der Waals surface area (Å²) >= 11 is 0. The first-order valence-electron chi connectivity index (χ1n) is 8.37. The zero-order valence-electron chi connectivity index (χ0n) is 14.4. The monoisotopic (exact) mass is 385 g/mol. The second-order valence-electron chi connectivity index (χ2n) is 6.54. The van der Waals surface area contributed by atoms with Crippen molar-refractivity contribution in [3.05, 3.63) is 71.8 Å². The topological polar surface area (TPSA) is 121 Å². The van der Waals surface area contributed by atoms with Crippen LogP contribution in [0.15, 0.2) is 60.7 Å². The molecular formula is C20H20NO5P. The molecule has 5 N–H and O–H groups in total. The van der Waals surface area contributed by atoms with Gasteiger partial charge in [0.2, 0.25) is 0 Å². The average Bonchev–Trinajstić information content (AvgIpc) is 2.59. The molecule has 0 bridgehead atoms. The van der Waals surface area contributed by atoms with E-state index in [0.29, 0.717) is 11.1 Å². The Morgan fingerprint density at radius 3 is 2.37 bits per heavy atom. The van der Waals surface area contributed by atoms with E-state index in [9.17, 15) is 19.1 Å². The molecule has 3 rings (SSSR count). The highest BCUT2D eigenvalue weighted by molar-refractivity contribution is 7.50. The smallest absolute Gasteiger partial charge is 0.329 e. The van der Waals surface area contributed by atoms with Crippen molar-refractivity contribution in [2.75, 3.05) is 0 Å². The lowest BCUT2D eigenvalue weighted by molar-refractivity contribution is -0.138. The van der Waals surface area contributed by atoms with Gasteiger partial charge in [0.05, 0.1) is 6.16 Å². The van der Waals surface area contributed by atoms with Crippen molar-refractivity contribution < 1.29 is 24.3 Å². The maximum Gasteiger partial charge on any atom is 0.329 e. The van der Waals surface area contributed by atoms with Crippen molar-refractivity contribution in [2.24, 2.45) is 5.73 Å². The van der Waals surface area contributed by atoms with E-state index in [-0.39, 0.29) is 6.42 Å². The molecule has 0 saturated carbocycles. The molecule has 3 aromatic rings. The first kappa shape index (κ1) is 19.3. The molecule has 1 atom stereocenters. The maximum atomic E-state index is 11.5. The maximum absolute atomic E-state index is 11.5. The summed E-state index contributed by atoms with van der Waals surface area (Å²) in [4.78, 5) is 29.8. The Morgan fingerprint density at radius 1 is 1.00 bits per heavy atom. The van der Waals surface area contributed by atoms with E-state index in [0.717, 1.165) is 21.9 Å². The fourth-order valence-corrected chi connectivity index (χ4v) is 3.84. The highest BCUT2D eigenvalue weighted by Crippen LogP contribution is 2.40. The molecule has 0 amide bonds. The molecule has 0 spiro atoms. The number of aliphatic carboxylic acids is 1. The summed E-state index contributed by atoms with van der Waals surface area (Å²) < 4.78 is 11.5. The molecule has 1 unspecified atom stereocenters. The van der Waals surface area contributed by atoms with Gasteiger partial charge < -0.3 is 20.6 Å². The fourth-order valence-electron chi connectivity index (χ4n) is 3.18. The van der Waals surface area contributed by atoms with Gasteiger partial charge in [0.25, 0.3) is 0 Å². The molecule has 0 aliphatic carbocycles. The van der Waals surface area contributed by atoms with E-state index in [4.69, 9.17) is 10.8 Å². The lowest BCUT2D eigenvalue weighted by atomic mass is 9.94. The van der Waals surface area contributed by atoms with Crippen molar-refractivity contribution in [3.63, 3.8) is 0 Å². The van der Waals surface area contributed by atoms with Gasteiger partial charge in [0.15, 0.2) is 0 Å². The van der Waals surface area contributed by atoms with Gasteiger partial charge in [-0.2, -0.15) is 0 Å². The van der Waals surface area contributed by atoms with Crippen LogP contribution in [0.1, 0.15) is 11.1 Å². The summed E-state index contributed by atoms with van der Waals surface area (Å²) in [6, 6.07) is 17.7. The Labute approximate surface area is 156 Å². The first-order valence-corrected chi connectivity index (χ1v) is 10.2. The third-order valence-corrected chi connectivity index (χ3v) is 5.09. The molecular weight excluding hydrogens is 365 g/mol. The highest BCUT2D eigenvalue weighted by Gasteiger charge is 2.18. The predicted octanol–water partition coefficient (Wildman–Crippen LogP) is 3.14. The van der Waals surface area contributed by atoms with E-state index in [1.54, 1.807) is 12.1 Å². The van der Waals surface area contributed by atoms with Crippen molar-refractivity contribution >= 4 is 24.3 Å². The predicted molar refractivity (Wildman–Crippen MR) is 104 cm³/mol. The Bertz CT molecular complexity index is 1040. The van der Waals surface area contributed by atoms with Crippen LogP contribution in [0, 0.1) is 0 Å². The number of hydrogen-bond acceptors (Lipinski definition) is 3. The third-order valence-electron chi connectivity index (χ3n) is 4.31. The molecule has 3 aromatic carbocycles. The van der Waals surface area contributed by atoms with Crippen LogP contribution in [0.4, 0.5) is 0 Å². The highest BCUT2D eigenvalue weighted by atomic mass is 31.2. The van der Waals surface area contributed by atoms with Crippen LogP contribution in [0.3, 0.4) is 0 Å². The van der Waals surface area contributed by atoms with Crippen molar-refractivity contribution in [3.8, 4) is 11.1 Å². The van der Waals surface area contributed by atoms with Gasteiger partial charge in [-0.15, -0.1) is 0 Å². The van der Waals surface area contributed by atoms with E-state index in [1.807, 2.05) is 48.5 Å². The van der Waals surface area contributed by atoms with Crippen LogP contribution in [0.5, 0.6) is 0 Å². The number of nitrogens with two attached hydrogens (primary N) is 1. The quantitative estimate of drug-likeness (QED) is 0.484. The second kappa shape index (κ2) is 7.62. The molecule has 0 aliphatic heterocycles. The molecule has 6 nitrogen and oxygen atoms in total. The minimum atomic E-state index is -4.27. The number of carboxylic acids is 1. The minimum Gasteiger partial charge on any atom is -0.480 e. The largest absolute Gasteiger partial charge is 0.480 e. The molecule has 0 fully saturated rings. The number of hydrogen-bond donors (Lipinski definition) is 4. The Balaban J connectivity index is 2.14. The number of rotatable bonds is 6. The van der Waals surface area contributed by atoms with Gasteiger partial charge in [-0.25, -0.2) is 0 Å². The van der Waals surface area contributed by atoms with E-state index in [2.05, 4.69) is 0 Å². The van der Waals surface area contributed by atoms with Gasteiger partial charge >= 0.3 is 13.6 Å². The Hall–Kier alpha value is -2.50. The van der Waals surface area contributed by atoms with Crippen LogP contribution in [0.25, 0.3) is 21.9 Å². The summed E-state index contributed by atoms with van der Waals surface area (Å²) in [5, 5.41) is 11.1. The van der Waals surface area contributed by atoms with Crippen molar-refractivity contribution in [1.82, 2.24) is 0 Å². The molecule has 0 heterocycles. The van der Waals surface area contributed by atoms with Crippen LogP contribution in [-0.4, -0.2) is 26.9 Å². The van der Waals surface area contributed by atoms with Gasteiger partial charge in [0.1, 0.15) is 6.04 Å². The van der Waals surface area contributed by atoms with Gasteiger partial charge in [0, 0.05) is 0 Å². The summed E-state index contributed by atoms with van der Waals surface area (Å²) in [6.45, 7) is 0. The van der Waals surface area contributed by atoms with Crippen LogP contribution in [-0.2, 0) is 21.9 Å². The van der Waals surface area contributed by atoms with Crippen LogP contribution in [0.2, 0.25) is 0 Å². The van der Waals surface area contributed by atoms with Crippen molar-refractivity contribution in [1.29, 1.82) is 0 Å². The van der Waals surface area contributed by atoms with E-state index in [1.165, 1.54) is 0 Å². The van der Waals surface area contributed by atoms with E-state index < -0.39 is 25.8 Å². The molecule has 140 valence electrons. The number of carboxylic acid groups (broad SMARTS) is 1.